The molecule has 0 fully saturated rings. The summed E-state index contributed by atoms with van der Waals surface area (Å²) in [6, 6.07) is 4.20. The van der Waals surface area contributed by atoms with E-state index < -0.39 is 24.3 Å². The number of benzene rings is 1. The maximum Gasteiger partial charge on any atom is 0.194 e. The molecule has 0 N–H and O–H groups in total. The molecular formula is C12H8F3N. The summed E-state index contributed by atoms with van der Waals surface area (Å²) >= 11 is 0. The Morgan fingerprint density at radius 3 is 2.31 bits per heavy atom. The maximum absolute atomic E-state index is 13.1. The third-order valence-electron chi connectivity index (χ3n) is 2.04. The number of hydrogen-bond donors (Lipinski definition) is 0. The van der Waals surface area contributed by atoms with Gasteiger partial charge in [-0.15, -0.1) is 0 Å². The van der Waals surface area contributed by atoms with Gasteiger partial charge in [0.25, 0.3) is 0 Å². The highest BCUT2D eigenvalue weighted by Crippen LogP contribution is 2.22. The van der Waals surface area contributed by atoms with E-state index in [0.717, 1.165) is 18.3 Å². The minimum atomic E-state index is -2.30. The van der Waals surface area contributed by atoms with Gasteiger partial charge in [0.1, 0.15) is 0 Å². The zero-order chi connectivity index (χ0) is 14.2. The lowest BCUT2D eigenvalue weighted by Gasteiger charge is -2.03. The molecule has 16 heavy (non-hydrogen) atoms. The van der Waals surface area contributed by atoms with E-state index in [0.29, 0.717) is 0 Å². The number of pyridine rings is 1. The monoisotopic (exact) mass is 226 g/mol. The van der Waals surface area contributed by atoms with Crippen LogP contribution in [0.2, 0.25) is 0 Å². The maximum atomic E-state index is 13.1. The third kappa shape index (κ3) is 1.91. The molecular weight excluding hydrogens is 215 g/mol. The molecule has 0 spiro atoms. The Bertz CT molecular complexity index is 586. The molecule has 4 heteroatoms. The molecule has 1 heterocycles. The van der Waals surface area contributed by atoms with Crippen LogP contribution in [0.25, 0.3) is 11.3 Å². The highest BCUT2D eigenvalue weighted by Gasteiger charge is 2.11. The summed E-state index contributed by atoms with van der Waals surface area (Å²) in [6.45, 7) is -2.30. The van der Waals surface area contributed by atoms with Crippen LogP contribution in [0.5, 0.6) is 0 Å². The summed E-state index contributed by atoms with van der Waals surface area (Å²) in [5.74, 6) is -4.20. The first-order valence-corrected chi connectivity index (χ1v) is 4.40. The summed E-state index contributed by atoms with van der Waals surface area (Å²) in [7, 11) is 0. The van der Waals surface area contributed by atoms with Gasteiger partial charge in [-0.3, -0.25) is 4.98 Å². The van der Waals surface area contributed by atoms with Crippen LogP contribution in [-0.4, -0.2) is 4.98 Å². The molecule has 1 aromatic heterocycles. The fourth-order valence-corrected chi connectivity index (χ4v) is 1.27. The molecule has 1 nitrogen and oxygen atoms in total. The molecule has 0 aliphatic heterocycles. The van der Waals surface area contributed by atoms with Crippen molar-refractivity contribution in [1.82, 2.24) is 4.98 Å². The predicted octanol–water partition coefficient (Wildman–Crippen LogP) is 3.47. The highest BCUT2D eigenvalue weighted by atomic mass is 19.2. The molecule has 0 saturated heterocycles. The lowest BCUT2D eigenvalue weighted by atomic mass is 10.1. The van der Waals surface area contributed by atoms with Crippen LogP contribution in [0.3, 0.4) is 0 Å². The van der Waals surface area contributed by atoms with Crippen LogP contribution in [0, 0.1) is 24.3 Å². The van der Waals surface area contributed by atoms with Crippen molar-refractivity contribution in [2.24, 2.45) is 0 Å². The van der Waals surface area contributed by atoms with Gasteiger partial charge in [-0.2, -0.15) is 0 Å². The van der Waals surface area contributed by atoms with Crippen LogP contribution in [-0.2, 0) is 0 Å². The second kappa shape index (κ2) is 3.96. The summed E-state index contributed by atoms with van der Waals surface area (Å²) in [5, 5.41) is 0. The number of rotatable bonds is 1. The van der Waals surface area contributed by atoms with E-state index in [-0.39, 0.29) is 16.8 Å². The van der Waals surface area contributed by atoms with Crippen LogP contribution < -0.4 is 0 Å². The molecule has 0 atom stereocenters. The standard InChI is InChI=1S/C12H8F3N/c1-7-2-3-11(16-6-7)8-4-9(13)12(15)10(14)5-8/h2-6H,1H3/i1D3. The number of halogens is 3. The van der Waals surface area contributed by atoms with Gasteiger partial charge in [-0.25, -0.2) is 13.2 Å². The van der Waals surface area contributed by atoms with E-state index in [9.17, 15) is 13.2 Å². The van der Waals surface area contributed by atoms with Gasteiger partial charge in [0, 0.05) is 15.9 Å². The Kier molecular flexibility index (Phi) is 1.84. The van der Waals surface area contributed by atoms with E-state index in [2.05, 4.69) is 4.98 Å². The van der Waals surface area contributed by atoms with E-state index in [1.807, 2.05) is 0 Å². The minimum Gasteiger partial charge on any atom is -0.256 e. The van der Waals surface area contributed by atoms with Crippen molar-refractivity contribution >= 4 is 0 Å². The fraction of sp³-hybridized carbons (Fsp3) is 0.0833. The van der Waals surface area contributed by atoms with Gasteiger partial charge >= 0.3 is 0 Å². The SMILES string of the molecule is [2H]C([2H])([2H])c1ccc(-c2cc(F)c(F)c(F)c2)nc1. The second-order valence-corrected chi connectivity index (χ2v) is 3.19. The first-order valence-electron chi connectivity index (χ1n) is 5.90. The molecule has 0 aliphatic carbocycles. The molecule has 0 aliphatic rings. The van der Waals surface area contributed by atoms with Crippen LogP contribution in [0.1, 0.15) is 9.68 Å². The Morgan fingerprint density at radius 1 is 1.12 bits per heavy atom. The summed E-state index contributed by atoms with van der Waals surface area (Å²) in [4.78, 5) is 3.81. The summed E-state index contributed by atoms with van der Waals surface area (Å²) < 4.78 is 60.4. The molecule has 0 bridgehead atoms. The predicted molar refractivity (Wildman–Crippen MR) is 54.3 cm³/mol. The van der Waals surface area contributed by atoms with Crippen molar-refractivity contribution in [3.8, 4) is 11.3 Å². The van der Waals surface area contributed by atoms with Crippen LogP contribution >= 0.6 is 0 Å². The normalized spacial score (nSPS) is 14.1. The zero-order valence-corrected chi connectivity index (χ0v) is 7.97. The minimum absolute atomic E-state index is 0.0132. The number of aromatic nitrogens is 1. The van der Waals surface area contributed by atoms with E-state index in [1.54, 1.807) is 0 Å². The summed E-state index contributed by atoms with van der Waals surface area (Å²) in [6.07, 6.45) is 1.10. The molecule has 0 radical (unpaired) electrons. The lowest BCUT2D eigenvalue weighted by Crippen LogP contribution is -1.93. The van der Waals surface area contributed by atoms with Gasteiger partial charge in [0.05, 0.1) is 5.69 Å². The zero-order valence-electron chi connectivity index (χ0n) is 11.0. The van der Waals surface area contributed by atoms with Crippen molar-refractivity contribution in [2.45, 2.75) is 6.85 Å². The van der Waals surface area contributed by atoms with Crippen LogP contribution in [0.15, 0.2) is 30.5 Å². The van der Waals surface area contributed by atoms with Crippen molar-refractivity contribution in [3.63, 3.8) is 0 Å². The molecule has 1 aromatic carbocycles. The topological polar surface area (TPSA) is 12.9 Å². The molecule has 82 valence electrons. The van der Waals surface area contributed by atoms with Crippen molar-refractivity contribution in [2.75, 3.05) is 0 Å². The molecule has 2 rings (SSSR count). The van der Waals surface area contributed by atoms with Gasteiger partial charge in [-0.1, -0.05) is 6.07 Å². The van der Waals surface area contributed by atoms with Gasteiger partial charge < -0.3 is 0 Å². The Labute approximate surface area is 94.8 Å². The Balaban J connectivity index is 2.43. The quantitative estimate of drug-likeness (QED) is 0.678. The average molecular weight is 226 g/mol. The van der Waals surface area contributed by atoms with Crippen molar-refractivity contribution in [3.05, 3.63) is 53.5 Å². The van der Waals surface area contributed by atoms with Gasteiger partial charge in [0.2, 0.25) is 0 Å². The molecule has 2 aromatic rings. The van der Waals surface area contributed by atoms with Crippen LogP contribution in [0.4, 0.5) is 13.2 Å². The van der Waals surface area contributed by atoms with E-state index >= 15 is 0 Å². The third-order valence-corrected chi connectivity index (χ3v) is 2.04. The van der Waals surface area contributed by atoms with Gasteiger partial charge in [0.15, 0.2) is 17.5 Å². The molecule has 0 unspecified atom stereocenters. The van der Waals surface area contributed by atoms with Crippen molar-refractivity contribution < 1.29 is 17.3 Å². The second-order valence-electron chi connectivity index (χ2n) is 3.19. The lowest BCUT2D eigenvalue weighted by molar-refractivity contribution is 0.447. The molecule has 0 saturated carbocycles. The first kappa shape index (κ1) is 7.44. The summed E-state index contributed by atoms with van der Waals surface area (Å²) in [5.41, 5.74) is 0.207. The average Bonchev–Trinajstić information content (AvgIpc) is 2.34. The van der Waals surface area contributed by atoms with Crippen molar-refractivity contribution in [1.29, 1.82) is 0 Å². The van der Waals surface area contributed by atoms with Gasteiger partial charge in [-0.05, 0) is 30.6 Å². The van der Waals surface area contributed by atoms with E-state index in [4.69, 9.17) is 4.11 Å². The molecule has 0 amide bonds. The number of aryl methyl sites for hydroxylation is 1. The Morgan fingerprint density at radius 2 is 1.81 bits per heavy atom. The smallest absolute Gasteiger partial charge is 0.194 e. The first-order chi connectivity index (χ1) is 8.79. The van der Waals surface area contributed by atoms with E-state index in [1.165, 1.54) is 12.1 Å². The largest absolute Gasteiger partial charge is 0.256 e. The highest BCUT2D eigenvalue weighted by molar-refractivity contribution is 5.59. The Hall–Kier alpha value is -1.84. The number of nitrogens with zero attached hydrogens (tertiary/aromatic N) is 1. The fourth-order valence-electron chi connectivity index (χ4n) is 1.27. The number of hydrogen-bond acceptors (Lipinski definition) is 1.